The van der Waals surface area contributed by atoms with E-state index in [1.807, 2.05) is 38.1 Å². The van der Waals surface area contributed by atoms with Crippen LogP contribution in [0.15, 0.2) is 33.7 Å². The van der Waals surface area contributed by atoms with E-state index in [0.717, 1.165) is 15.9 Å². The minimum Gasteiger partial charge on any atom is -0.312 e. The summed E-state index contributed by atoms with van der Waals surface area (Å²) >= 11 is 3.42. The number of halogens is 1. The van der Waals surface area contributed by atoms with Crippen LogP contribution in [0.4, 0.5) is 0 Å². The summed E-state index contributed by atoms with van der Waals surface area (Å²) in [6.07, 6.45) is 0.661. The molecule has 1 heterocycles. The molecular weight excluding hydrogens is 268 g/mol. The molecule has 0 unspecified atom stereocenters. The largest absolute Gasteiger partial charge is 0.312 e. The Morgan fingerprint density at radius 2 is 2.19 bits per heavy atom. The number of nitrogens with zero attached hydrogens (tertiary/aromatic N) is 1. The van der Waals surface area contributed by atoms with Crippen molar-refractivity contribution in [2.45, 2.75) is 25.8 Å². The summed E-state index contributed by atoms with van der Waals surface area (Å²) in [4.78, 5) is 15.9. The lowest BCUT2D eigenvalue weighted by Gasteiger charge is -2.07. The van der Waals surface area contributed by atoms with Crippen LogP contribution in [0, 0.1) is 0 Å². The van der Waals surface area contributed by atoms with Crippen molar-refractivity contribution in [3.05, 3.63) is 34.3 Å². The first-order valence-corrected chi connectivity index (χ1v) is 5.91. The van der Waals surface area contributed by atoms with Crippen LogP contribution in [0.1, 0.15) is 19.4 Å². The molecule has 4 heteroatoms. The quantitative estimate of drug-likeness (QED) is 0.888. The third kappa shape index (κ3) is 2.32. The number of amidine groups is 1. The Balaban J connectivity index is 2.16. The predicted molar refractivity (Wildman–Crippen MR) is 67.5 cm³/mol. The van der Waals surface area contributed by atoms with Gasteiger partial charge in [-0.2, -0.15) is 0 Å². The van der Waals surface area contributed by atoms with Gasteiger partial charge < -0.3 is 5.32 Å². The third-order valence-electron chi connectivity index (χ3n) is 2.49. The zero-order chi connectivity index (χ0) is 11.8. The first-order chi connectivity index (χ1) is 7.47. The van der Waals surface area contributed by atoms with Gasteiger partial charge in [-0.1, -0.05) is 28.1 Å². The Kier molecular flexibility index (Phi) is 2.84. The van der Waals surface area contributed by atoms with Crippen molar-refractivity contribution >= 4 is 27.7 Å². The minimum atomic E-state index is -0.624. The van der Waals surface area contributed by atoms with E-state index in [0.29, 0.717) is 6.42 Å². The van der Waals surface area contributed by atoms with Crippen molar-refractivity contribution in [2.24, 2.45) is 4.99 Å². The Labute approximate surface area is 103 Å². The molecule has 16 heavy (non-hydrogen) atoms. The second-order valence-electron chi connectivity index (χ2n) is 4.38. The highest BCUT2D eigenvalue weighted by Crippen LogP contribution is 2.17. The molecule has 1 amide bonds. The molecule has 0 radical (unpaired) electrons. The van der Waals surface area contributed by atoms with Crippen LogP contribution in [0.3, 0.4) is 0 Å². The smallest absolute Gasteiger partial charge is 0.252 e. The first-order valence-electron chi connectivity index (χ1n) is 5.12. The fourth-order valence-corrected chi connectivity index (χ4v) is 2.07. The Morgan fingerprint density at radius 3 is 2.75 bits per heavy atom. The highest BCUT2D eigenvalue weighted by Gasteiger charge is 2.33. The number of aliphatic imine (C=N–C) groups is 1. The second-order valence-corrected chi connectivity index (χ2v) is 5.29. The monoisotopic (exact) mass is 280 g/mol. The SMILES string of the molecule is CC1(C)N=C(Cc2cccc(Br)c2)NC1=O. The molecule has 84 valence electrons. The maximum Gasteiger partial charge on any atom is 0.252 e. The van der Waals surface area contributed by atoms with Crippen LogP contribution in [0.5, 0.6) is 0 Å². The molecule has 0 aromatic heterocycles. The van der Waals surface area contributed by atoms with Gasteiger partial charge in [-0.25, -0.2) is 0 Å². The Hall–Kier alpha value is -1.16. The number of rotatable bonds is 2. The van der Waals surface area contributed by atoms with E-state index in [2.05, 4.69) is 26.2 Å². The Bertz CT molecular complexity index is 466. The highest BCUT2D eigenvalue weighted by molar-refractivity contribution is 9.10. The summed E-state index contributed by atoms with van der Waals surface area (Å²) in [5.41, 5.74) is 0.507. The van der Waals surface area contributed by atoms with Gasteiger partial charge in [0.05, 0.1) is 0 Å². The lowest BCUT2D eigenvalue weighted by molar-refractivity contribution is -0.122. The summed E-state index contributed by atoms with van der Waals surface area (Å²) in [5, 5.41) is 2.81. The maximum atomic E-state index is 11.5. The fourth-order valence-electron chi connectivity index (χ4n) is 1.62. The minimum absolute atomic E-state index is 0.0301. The van der Waals surface area contributed by atoms with Gasteiger partial charge in [0.15, 0.2) is 0 Å². The number of hydrogen-bond donors (Lipinski definition) is 1. The van der Waals surface area contributed by atoms with Gasteiger partial charge in [-0.05, 0) is 31.5 Å². The average Bonchev–Trinajstić information content (AvgIpc) is 2.40. The molecule has 2 rings (SSSR count). The second kappa shape index (κ2) is 4.01. The van der Waals surface area contributed by atoms with Gasteiger partial charge in [-0.15, -0.1) is 0 Å². The maximum absolute atomic E-state index is 11.5. The van der Waals surface area contributed by atoms with Crippen molar-refractivity contribution in [1.82, 2.24) is 5.32 Å². The van der Waals surface area contributed by atoms with Crippen molar-refractivity contribution in [2.75, 3.05) is 0 Å². The lowest BCUT2D eigenvalue weighted by Crippen LogP contribution is -2.34. The van der Waals surface area contributed by atoms with Crippen molar-refractivity contribution in [3.8, 4) is 0 Å². The normalized spacial score (nSPS) is 18.2. The van der Waals surface area contributed by atoms with Crippen LogP contribution in [0.2, 0.25) is 0 Å². The first kappa shape index (κ1) is 11.3. The Morgan fingerprint density at radius 1 is 1.44 bits per heavy atom. The van der Waals surface area contributed by atoms with E-state index in [9.17, 15) is 4.79 Å². The van der Waals surface area contributed by atoms with Gasteiger partial charge in [0.2, 0.25) is 0 Å². The molecule has 1 aromatic carbocycles. The molecule has 0 fully saturated rings. The molecule has 0 saturated heterocycles. The molecule has 0 bridgehead atoms. The van der Waals surface area contributed by atoms with Crippen LogP contribution in [-0.4, -0.2) is 17.3 Å². The van der Waals surface area contributed by atoms with Gasteiger partial charge in [-0.3, -0.25) is 9.79 Å². The van der Waals surface area contributed by atoms with Gasteiger partial charge >= 0.3 is 0 Å². The van der Waals surface area contributed by atoms with E-state index in [1.54, 1.807) is 0 Å². The molecule has 3 nitrogen and oxygen atoms in total. The average molecular weight is 281 g/mol. The summed E-state index contributed by atoms with van der Waals surface area (Å²) in [6, 6.07) is 8.00. The number of nitrogens with one attached hydrogen (secondary N) is 1. The van der Waals surface area contributed by atoms with Crippen LogP contribution < -0.4 is 5.32 Å². The summed E-state index contributed by atoms with van der Waals surface area (Å²) in [5.74, 6) is 0.714. The molecular formula is C12H13BrN2O. The lowest BCUT2D eigenvalue weighted by atomic mass is 10.1. The number of amides is 1. The number of hydrogen-bond acceptors (Lipinski definition) is 2. The van der Waals surface area contributed by atoms with Gasteiger partial charge in [0.1, 0.15) is 11.4 Å². The van der Waals surface area contributed by atoms with Crippen molar-refractivity contribution < 1.29 is 4.79 Å². The predicted octanol–water partition coefficient (Wildman–Crippen LogP) is 2.30. The van der Waals surface area contributed by atoms with Crippen LogP contribution >= 0.6 is 15.9 Å². The molecule has 0 aliphatic carbocycles. The van der Waals surface area contributed by atoms with Gasteiger partial charge in [0.25, 0.3) is 5.91 Å². The molecule has 0 spiro atoms. The summed E-state index contributed by atoms with van der Waals surface area (Å²) in [7, 11) is 0. The van der Waals surface area contributed by atoms with Crippen LogP contribution in [0.25, 0.3) is 0 Å². The molecule has 1 aromatic rings. The molecule has 0 atom stereocenters. The van der Waals surface area contributed by atoms with E-state index in [1.165, 1.54) is 0 Å². The number of carbonyl (C=O) groups excluding carboxylic acids is 1. The van der Waals surface area contributed by atoms with E-state index in [4.69, 9.17) is 0 Å². The summed E-state index contributed by atoms with van der Waals surface area (Å²) < 4.78 is 1.04. The third-order valence-corrected chi connectivity index (χ3v) is 2.98. The standard InChI is InChI=1S/C12H13BrN2O/c1-12(2)11(16)14-10(15-12)7-8-4-3-5-9(13)6-8/h3-6H,7H2,1-2H3,(H,14,15,16). The number of carbonyl (C=O) groups is 1. The van der Waals surface area contributed by atoms with Crippen molar-refractivity contribution in [1.29, 1.82) is 0 Å². The summed E-state index contributed by atoms with van der Waals surface area (Å²) in [6.45, 7) is 3.63. The van der Waals surface area contributed by atoms with Gasteiger partial charge in [0, 0.05) is 10.9 Å². The van der Waals surface area contributed by atoms with E-state index in [-0.39, 0.29) is 5.91 Å². The van der Waals surface area contributed by atoms with E-state index < -0.39 is 5.54 Å². The highest BCUT2D eigenvalue weighted by atomic mass is 79.9. The fraction of sp³-hybridized carbons (Fsp3) is 0.333. The molecule has 0 saturated carbocycles. The number of benzene rings is 1. The molecule has 1 aliphatic heterocycles. The van der Waals surface area contributed by atoms with Crippen LogP contribution in [-0.2, 0) is 11.2 Å². The molecule has 1 aliphatic rings. The zero-order valence-corrected chi connectivity index (χ0v) is 10.8. The van der Waals surface area contributed by atoms with Crippen molar-refractivity contribution in [3.63, 3.8) is 0 Å². The molecule has 1 N–H and O–H groups in total. The zero-order valence-electron chi connectivity index (χ0n) is 9.25. The van der Waals surface area contributed by atoms with E-state index >= 15 is 0 Å². The topological polar surface area (TPSA) is 41.5 Å².